The van der Waals surface area contributed by atoms with Crippen molar-refractivity contribution >= 4 is 23.8 Å². The van der Waals surface area contributed by atoms with Gasteiger partial charge in [-0.05, 0) is 32.9 Å². The van der Waals surface area contributed by atoms with Crippen LogP contribution in [0.15, 0.2) is 12.5 Å². The number of imidazole rings is 1. The summed E-state index contributed by atoms with van der Waals surface area (Å²) in [4.78, 5) is 26.8. The number of nitrogens with zero attached hydrogens (tertiary/aromatic N) is 2. The molecule has 0 saturated carbocycles. The van der Waals surface area contributed by atoms with E-state index in [9.17, 15) is 9.59 Å². The summed E-state index contributed by atoms with van der Waals surface area (Å²) in [6, 6.07) is -0.950. The molecule has 124 valence electrons. The second-order valence-electron chi connectivity index (χ2n) is 5.87. The van der Waals surface area contributed by atoms with Gasteiger partial charge in [0.15, 0.2) is 0 Å². The van der Waals surface area contributed by atoms with E-state index in [0.29, 0.717) is 12.2 Å². The number of rotatable bonds is 7. The van der Waals surface area contributed by atoms with E-state index < -0.39 is 23.7 Å². The van der Waals surface area contributed by atoms with Crippen LogP contribution in [0.25, 0.3) is 0 Å². The Bertz CT molecular complexity index is 510. The maximum absolute atomic E-state index is 11.6. The van der Waals surface area contributed by atoms with Gasteiger partial charge < -0.3 is 19.7 Å². The number of carboxylic acids is 1. The number of amides is 1. The summed E-state index contributed by atoms with van der Waals surface area (Å²) >= 11 is 1.59. The highest BCUT2D eigenvalue weighted by Gasteiger charge is 2.23. The van der Waals surface area contributed by atoms with Gasteiger partial charge in [-0.2, -0.15) is 11.8 Å². The first-order valence-corrected chi connectivity index (χ1v) is 8.10. The summed E-state index contributed by atoms with van der Waals surface area (Å²) in [6.45, 7) is 5.18. The smallest absolute Gasteiger partial charge is 0.408 e. The van der Waals surface area contributed by atoms with Gasteiger partial charge in [-0.15, -0.1) is 0 Å². The molecule has 1 rings (SSSR count). The third-order valence-electron chi connectivity index (χ3n) is 2.71. The van der Waals surface area contributed by atoms with Crippen molar-refractivity contribution in [2.75, 3.05) is 5.75 Å². The van der Waals surface area contributed by atoms with Crippen LogP contribution in [0.5, 0.6) is 0 Å². The SMILES string of the molecule is Cn1cncc1CSCCC(NC(=O)OC(C)(C)C)C(=O)O. The zero-order valence-electron chi connectivity index (χ0n) is 13.3. The van der Waals surface area contributed by atoms with Gasteiger partial charge in [0.2, 0.25) is 0 Å². The number of alkyl carbamates (subject to hydrolysis) is 1. The monoisotopic (exact) mass is 329 g/mol. The number of thioether (sulfide) groups is 1. The lowest BCUT2D eigenvalue weighted by atomic mass is 10.2. The van der Waals surface area contributed by atoms with Crippen LogP contribution in [0.3, 0.4) is 0 Å². The number of hydrogen-bond donors (Lipinski definition) is 2. The Morgan fingerprint density at radius 1 is 1.50 bits per heavy atom. The largest absolute Gasteiger partial charge is 0.480 e. The molecule has 1 atom stereocenters. The second kappa shape index (κ2) is 8.07. The van der Waals surface area contributed by atoms with Crippen LogP contribution in [0.1, 0.15) is 32.9 Å². The van der Waals surface area contributed by atoms with Gasteiger partial charge in [0.05, 0.1) is 6.33 Å². The van der Waals surface area contributed by atoms with Crippen LogP contribution in [-0.4, -0.2) is 44.1 Å². The van der Waals surface area contributed by atoms with Gasteiger partial charge in [0, 0.05) is 24.7 Å². The molecule has 1 aromatic rings. The highest BCUT2D eigenvalue weighted by atomic mass is 32.2. The number of hydrogen-bond acceptors (Lipinski definition) is 5. The molecule has 0 saturated heterocycles. The molecule has 0 aliphatic rings. The number of carbonyl (C=O) groups excluding carboxylic acids is 1. The summed E-state index contributed by atoms with van der Waals surface area (Å²) in [6.07, 6.45) is 3.12. The highest BCUT2D eigenvalue weighted by molar-refractivity contribution is 7.98. The van der Waals surface area contributed by atoms with Gasteiger partial charge in [0.25, 0.3) is 0 Å². The summed E-state index contributed by atoms with van der Waals surface area (Å²) in [5.41, 5.74) is 0.415. The summed E-state index contributed by atoms with van der Waals surface area (Å²) in [7, 11) is 1.91. The molecule has 0 aliphatic heterocycles. The zero-order valence-corrected chi connectivity index (χ0v) is 14.1. The summed E-state index contributed by atoms with van der Waals surface area (Å²) < 4.78 is 6.98. The van der Waals surface area contributed by atoms with Crippen molar-refractivity contribution in [2.45, 2.75) is 44.6 Å². The minimum atomic E-state index is -1.06. The Labute approximate surface area is 134 Å². The van der Waals surface area contributed by atoms with Crippen molar-refractivity contribution in [1.82, 2.24) is 14.9 Å². The number of aliphatic carboxylic acids is 1. The molecule has 2 N–H and O–H groups in total. The van der Waals surface area contributed by atoms with E-state index in [1.54, 1.807) is 45.1 Å². The number of carbonyl (C=O) groups is 2. The molecule has 0 aromatic carbocycles. The fourth-order valence-corrected chi connectivity index (χ4v) is 2.64. The van der Waals surface area contributed by atoms with Crippen molar-refractivity contribution in [3.63, 3.8) is 0 Å². The maximum atomic E-state index is 11.6. The molecule has 0 fully saturated rings. The maximum Gasteiger partial charge on any atom is 0.408 e. The minimum Gasteiger partial charge on any atom is -0.480 e. The Morgan fingerprint density at radius 3 is 2.68 bits per heavy atom. The van der Waals surface area contributed by atoms with Gasteiger partial charge in [0.1, 0.15) is 11.6 Å². The molecule has 1 unspecified atom stereocenters. The third kappa shape index (κ3) is 6.84. The van der Waals surface area contributed by atoms with E-state index in [1.165, 1.54) is 0 Å². The highest BCUT2D eigenvalue weighted by Crippen LogP contribution is 2.13. The Kier molecular flexibility index (Phi) is 6.73. The topological polar surface area (TPSA) is 93.5 Å². The molecule has 22 heavy (non-hydrogen) atoms. The van der Waals surface area contributed by atoms with E-state index in [4.69, 9.17) is 9.84 Å². The Hall–Kier alpha value is -1.70. The predicted molar refractivity (Wildman–Crippen MR) is 84.8 cm³/mol. The lowest BCUT2D eigenvalue weighted by molar-refractivity contribution is -0.139. The quantitative estimate of drug-likeness (QED) is 0.743. The first-order valence-electron chi connectivity index (χ1n) is 6.94. The fourth-order valence-electron chi connectivity index (χ4n) is 1.61. The van der Waals surface area contributed by atoms with Crippen molar-refractivity contribution in [2.24, 2.45) is 7.05 Å². The van der Waals surface area contributed by atoms with Crippen LogP contribution in [-0.2, 0) is 22.3 Å². The van der Waals surface area contributed by atoms with E-state index in [-0.39, 0.29) is 0 Å². The number of aromatic nitrogens is 2. The van der Waals surface area contributed by atoms with Crippen LogP contribution in [0.2, 0.25) is 0 Å². The number of carboxylic acid groups (broad SMARTS) is 1. The Balaban J connectivity index is 2.37. The van der Waals surface area contributed by atoms with Gasteiger partial charge in [-0.3, -0.25) is 0 Å². The molecule has 0 spiro atoms. The summed E-state index contributed by atoms with van der Waals surface area (Å²) in [5.74, 6) is 0.291. The molecular weight excluding hydrogens is 306 g/mol. The first-order chi connectivity index (χ1) is 10.2. The van der Waals surface area contributed by atoms with Crippen LogP contribution in [0, 0.1) is 0 Å². The molecule has 0 aliphatic carbocycles. The standard InChI is InChI=1S/C14H23N3O4S/c1-14(2,3)21-13(20)16-11(12(18)19)5-6-22-8-10-7-15-9-17(10)4/h7,9,11H,5-6,8H2,1-4H3,(H,16,20)(H,18,19). The van der Waals surface area contributed by atoms with Crippen molar-refractivity contribution < 1.29 is 19.4 Å². The first kappa shape index (κ1) is 18.3. The number of aryl methyl sites for hydroxylation is 1. The van der Waals surface area contributed by atoms with Gasteiger partial charge in [-0.1, -0.05) is 0 Å². The molecule has 1 heterocycles. The predicted octanol–water partition coefficient (Wildman–Crippen LogP) is 2.02. The summed E-state index contributed by atoms with van der Waals surface area (Å²) in [5, 5.41) is 11.5. The third-order valence-corrected chi connectivity index (χ3v) is 3.73. The van der Waals surface area contributed by atoms with Crippen molar-refractivity contribution in [3.05, 3.63) is 18.2 Å². The van der Waals surface area contributed by atoms with Crippen molar-refractivity contribution in [3.8, 4) is 0 Å². The molecule has 0 bridgehead atoms. The number of ether oxygens (including phenoxy) is 1. The van der Waals surface area contributed by atoms with Crippen LogP contribution >= 0.6 is 11.8 Å². The van der Waals surface area contributed by atoms with Crippen molar-refractivity contribution in [1.29, 1.82) is 0 Å². The lowest BCUT2D eigenvalue weighted by Crippen LogP contribution is -2.43. The average molecular weight is 329 g/mol. The molecule has 7 nitrogen and oxygen atoms in total. The van der Waals surface area contributed by atoms with Gasteiger partial charge >= 0.3 is 12.1 Å². The zero-order chi connectivity index (χ0) is 16.8. The van der Waals surface area contributed by atoms with E-state index in [2.05, 4.69) is 10.3 Å². The molecule has 1 amide bonds. The normalized spacial score (nSPS) is 12.7. The van der Waals surface area contributed by atoms with Crippen LogP contribution < -0.4 is 5.32 Å². The van der Waals surface area contributed by atoms with E-state index in [0.717, 1.165) is 11.4 Å². The van der Waals surface area contributed by atoms with Crippen LogP contribution in [0.4, 0.5) is 4.79 Å². The lowest BCUT2D eigenvalue weighted by Gasteiger charge is -2.21. The number of nitrogens with one attached hydrogen (secondary N) is 1. The van der Waals surface area contributed by atoms with E-state index >= 15 is 0 Å². The second-order valence-corrected chi connectivity index (χ2v) is 6.98. The Morgan fingerprint density at radius 2 is 2.18 bits per heavy atom. The average Bonchev–Trinajstić information content (AvgIpc) is 2.76. The molecular formula is C14H23N3O4S. The molecule has 8 heteroatoms. The van der Waals surface area contributed by atoms with Gasteiger partial charge in [-0.25, -0.2) is 14.6 Å². The molecule has 0 radical (unpaired) electrons. The van der Waals surface area contributed by atoms with E-state index in [1.807, 2.05) is 11.6 Å². The minimum absolute atomic E-state index is 0.330. The fraction of sp³-hybridized carbons (Fsp3) is 0.643. The molecule has 1 aromatic heterocycles.